The van der Waals surface area contributed by atoms with E-state index in [4.69, 9.17) is 4.74 Å². The maximum Gasteiger partial charge on any atom is 0.219 e. The Morgan fingerprint density at radius 1 is 1.38 bits per heavy atom. The van der Waals surface area contributed by atoms with Gasteiger partial charge in [0.05, 0.1) is 12.8 Å². The lowest BCUT2D eigenvalue weighted by atomic mass is 10.1. The number of aliphatic hydroxyl groups excluding tert-OH is 1. The zero-order chi connectivity index (χ0) is 11.5. The largest absolute Gasteiger partial charge is 0.481 e. The van der Waals surface area contributed by atoms with Crippen molar-refractivity contribution >= 4 is 0 Å². The highest BCUT2D eigenvalue weighted by molar-refractivity contribution is 5.32. The van der Waals surface area contributed by atoms with Crippen molar-refractivity contribution in [3.63, 3.8) is 0 Å². The van der Waals surface area contributed by atoms with Crippen LogP contribution in [0.25, 0.3) is 0 Å². The van der Waals surface area contributed by atoms with Gasteiger partial charge >= 0.3 is 0 Å². The highest BCUT2D eigenvalue weighted by Crippen LogP contribution is 2.27. The number of aromatic nitrogens is 3. The minimum atomic E-state index is -0.781. The minimum Gasteiger partial charge on any atom is -0.481 e. The summed E-state index contributed by atoms with van der Waals surface area (Å²) in [7, 11) is 3.31. The third-order valence-electron chi connectivity index (χ3n) is 2.43. The summed E-state index contributed by atoms with van der Waals surface area (Å²) >= 11 is 0. The standard InChI is InChI=1S/C11H13N3O2/c1-14-9(5-7-13-14)10(15)8-4-3-6-12-11(8)16-2/h3-7,10,15H,1-2H3. The third-order valence-corrected chi connectivity index (χ3v) is 2.43. The lowest BCUT2D eigenvalue weighted by molar-refractivity contribution is 0.203. The summed E-state index contributed by atoms with van der Waals surface area (Å²) in [6, 6.07) is 5.30. The molecule has 0 saturated heterocycles. The van der Waals surface area contributed by atoms with Crippen molar-refractivity contribution in [2.24, 2.45) is 7.05 Å². The molecule has 0 aliphatic rings. The number of ether oxygens (including phenoxy) is 1. The molecule has 2 heterocycles. The van der Waals surface area contributed by atoms with Gasteiger partial charge in [0, 0.05) is 25.0 Å². The number of rotatable bonds is 3. The van der Waals surface area contributed by atoms with Gasteiger partial charge in [-0.05, 0) is 18.2 Å². The van der Waals surface area contributed by atoms with Crippen LogP contribution in [0.15, 0.2) is 30.6 Å². The highest BCUT2D eigenvalue weighted by Gasteiger charge is 2.18. The molecule has 0 spiro atoms. The van der Waals surface area contributed by atoms with E-state index in [1.54, 1.807) is 42.3 Å². The van der Waals surface area contributed by atoms with Crippen molar-refractivity contribution in [1.82, 2.24) is 14.8 Å². The molecule has 1 N–H and O–H groups in total. The van der Waals surface area contributed by atoms with E-state index in [0.717, 1.165) is 0 Å². The number of pyridine rings is 1. The lowest BCUT2D eigenvalue weighted by Crippen LogP contribution is -2.08. The molecule has 2 aromatic heterocycles. The average Bonchev–Trinajstić information content (AvgIpc) is 2.74. The van der Waals surface area contributed by atoms with Crippen molar-refractivity contribution < 1.29 is 9.84 Å². The second kappa shape index (κ2) is 4.32. The Labute approximate surface area is 93.3 Å². The number of aliphatic hydroxyl groups is 1. The van der Waals surface area contributed by atoms with Crippen molar-refractivity contribution in [3.8, 4) is 5.88 Å². The summed E-state index contributed by atoms with van der Waals surface area (Å²) in [5, 5.41) is 14.2. The Morgan fingerprint density at radius 2 is 2.19 bits per heavy atom. The first-order valence-corrected chi connectivity index (χ1v) is 4.89. The molecule has 0 aromatic carbocycles. The van der Waals surface area contributed by atoms with E-state index in [9.17, 15) is 5.11 Å². The SMILES string of the molecule is COc1ncccc1C(O)c1ccnn1C. The maximum absolute atomic E-state index is 10.2. The van der Waals surface area contributed by atoms with Gasteiger partial charge in [0.15, 0.2) is 0 Å². The molecule has 2 rings (SSSR count). The number of methoxy groups -OCH3 is 1. The molecule has 0 saturated carbocycles. The van der Waals surface area contributed by atoms with Crippen molar-refractivity contribution in [3.05, 3.63) is 41.9 Å². The molecule has 0 bridgehead atoms. The fourth-order valence-corrected chi connectivity index (χ4v) is 1.59. The second-order valence-corrected chi connectivity index (χ2v) is 3.38. The molecule has 0 amide bonds. The molecule has 0 aliphatic carbocycles. The first-order chi connectivity index (χ1) is 7.74. The quantitative estimate of drug-likeness (QED) is 0.833. The van der Waals surface area contributed by atoms with Crippen LogP contribution in [-0.2, 0) is 7.05 Å². The first-order valence-electron chi connectivity index (χ1n) is 4.89. The molecular weight excluding hydrogens is 206 g/mol. The topological polar surface area (TPSA) is 60.2 Å². The number of hydrogen-bond donors (Lipinski definition) is 1. The van der Waals surface area contributed by atoms with E-state index < -0.39 is 6.10 Å². The van der Waals surface area contributed by atoms with Crippen LogP contribution in [0.1, 0.15) is 17.4 Å². The van der Waals surface area contributed by atoms with E-state index in [-0.39, 0.29) is 0 Å². The van der Waals surface area contributed by atoms with Crippen LogP contribution in [0.3, 0.4) is 0 Å². The number of hydrogen-bond acceptors (Lipinski definition) is 4. The number of nitrogens with zero attached hydrogens (tertiary/aromatic N) is 3. The predicted molar refractivity (Wildman–Crippen MR) is 58.1 cm³/mol. The summed E-state index contributed by atoms with van der Waals surface area (Å²) in [5.41, 5.74) is 1.33. The summed E-state index contributed by atoms with van der Waals surface area (Å²) in [6.45, 7) is 0. The van der Waals surface area contributed by atoms with Gasteiger partial charge in [-0.25, -0.2) is 4.98 Å². The molecule has 2 aromatic rings. The van der Waals surface area contributed by atoms with Gasteiger partial charge < -0.3 is 9.84 Å². The summed E-state index contributed by atoms with van der Waals surface area (Å²) < 4.78 is 6.73. The second-order valence-electron chi connectivity index (χ2n) is 3.38. The summed E-state index contributed by atoms with van der Waals surface area (Å²) in [6.07, 6.45) is 2.48. The van der Waals surface area contributed by atoms with Crippen molar-refractivity contribution in [2.45, 2.75) is 6.10 Å². The normalized spacial score (nSPS) is 12.4. The van der Waals surface area contributed by atoms with Gasteiger partial charge in [-0.3, -0.25) is 4.68 Å². The zero-order valence-electron chi connectivity index (χ0n) is 9.16. The van der Waals surface area contributed by atoms with E-state index >= 15 is 0 Å². The third kappa shape index (κ3) is 1.77. The van der Waals surface area contributed by atoms with Gasteiger partial charge in [-0.2, -0.15) is 5.10 Å². The van der Waals surface area contributed by atoms with Crippen molar-refractivity contribution in [1.29, 1.82) is 0 Å². The van der Waals surface area contributed by atoms with Crippen LogP contribution >= 0.6 is 0 Å². The van der Waals surface area contributed by atoms with Crippen molar-refractivity contribution in [2.75, 3.05) is 7.11 Å². The van der Waals surface area contributed by atoms with E-state index in [1.807, 2.05) is 0 Å². The zero-order valence-corrected chi connectivity index (χ0v) is 9.16. The van der Waals surface area contributed by atoms with Gasteiger partial charge in [0.25, 0.3) is 0 Å². The van der Waals surface area contributed by atoms with Crippen LogP contribution in [0.5, 0.6) is 5.88 Å². The van der Waals surface area contributed by atoms with Gasteiger partial charge in [0.1, 0.15) is 6.10 Å². The van der Waals surface area contributed by atoms with Crippen LogP contribution in [0, 0.1) is 0 Å². The maximum atomic E-state index is 10.2. The molecule has 5 heteroatoms. The van der Waals surface area contributed by atoms with Gasteiger partial charge in [-0.15, -0.1) is 0 Å². The molecule has 0 radical (unpaired) electrons. The van der Waals surface area contributed by atoms with Gasteiger partial charge in [0.2, 0.25) is 5.88 Å². The fourth-order valence-electron chi connectivity index (χ4n) is 1.59. The Morgan fingerprint density at radius 3 is 2.81 bits per heavy atom. The summed E-state index contributed by atoms with van der Waals surface area (Å²) in [5.74, 6) is 0.427. The fraction of sp³-hybridized carbons (Fsp3) is 0.273. The Hall–Kier alpha value is -1.88. The molecular formula is C11H13N3O2. The monoisotopic (exact) mass is 219 g/mol. The molecule has 0 aliphatic heterocycles. The van der Waals surface area contributed by atoms with E-state index in [0.29, 0.717) is 17.1 Å². The van der Waals surface area contributed by atoms with E-state index in [1.165, 1.54) is 7.11 Å². The molecule has 84 valence electrons. The Bertz CT molecular complexity index is 482. The molecule has 5 nitrogen and oxygen atoms in total. The smallest absolute Gasteiger partial charge is 0.219 e. The van der Waals surface area contributed by atoms with Gasteiger partial charge in [-0.1, -0.05) is 0 Å². The summed E-state index contributed by atoms with van der Waals surface area (Å²) in [4.78, 5) is 4.05. The Balaban J connectivity index is 2.41. The first kappa shape index (κ1) is 10.6. The molecule has 16 heavy (non-hydrogen) atoms. The average molecular weight is 219 g/mol. The van der Waals surface area contributed by atoms with Crippen LogP contribution in [-0.4, -0.2) is 27.0 Å². The molecule has 0 fully saturated rings. The van der Waals surface area contributed by atoms with Crippen LogP contribution in [0.4, 0.5) is 0 Å². The highest BCUT2D eigenvalue weighted by atomic mass is 16.5. The Kier molecular flexibility index (Phi) is 2.87. The number of aryl methyl sites for hydroxylation is 1. The molecule has 1 atom stereocenters. The van der Waals surface area contributed by atoms with Crippen LogP contribution < -0.4 is 4.74 Å². The lowest BCUT2D eigenvalue weighted by Gasteiger charge is -2.13. The van der Waals surface area contributed by atoms with E-state index in [2.05, 4.69) is 10.1 Å². The predicted octanol–water partition coefficient (Wildman–Crippen LogP) is 0.905. The van der Waals surface area contributed by atoms with Crippen LogP contribution in [0.2, 0.25) is 0 Å². The minimum absolute atomic E-state index is 0.427. The molecule has 1 unspecified atom stereocenters.